The van der Waals surface area contributed by atoms with Gasteiger partial charge in [-0.05, 0) is 35.7 Å². The first kappa shape index (κ1) is 17.8. The zero-order valence-electron chi connectivity index (χ0n) is 14.7. The van der Waals surface area contributed by atoms with Gasteiger partial charge in [-0.2, -0.15) is 5.10 Å². The number of carboxylic acids is 1. The van der Waals surface area contributed by atoms with E-state index >= 15 is 0 Å². The number of benzene rings is 1. The van der Waals surface area contributed by atoms with E-state index in [1.165, 1.54) is 11.8 Å². The zero-order chi connectivity index (χ0) is 18.7. The number of amides is 1. The molecule has 1 aromatic heterocycles. The molecule has 0 aliphatic carbocycles. The maximum atomic E-state index is 12.8. The van der Waals surface area contributed by atoms with Gasteiger partial charge in [0, 0.05) is 18.9 Å². The molecule has 1 N–H and O–H groups in total. The number of nitrogens with zero attached hydrogens (tertiary/aromatic N) is 3. The van der Waals surface area contributed by atoms with Gasteiger partial charge in [-0.25, -0.2) is 0 Å². The number of rotatable bonds is 6. The van der Waals surface area contributed by atoms with Crippen LogP contribution in [0.3, 0.4) is 0 Å². The Morgan fingerprint density at radius 1 is 1.27 bits per heavy atom. The highest BCUT2D eigenvalue weighted by Gasteiger charge is 2.33. The first-order chi connectivity index (χ1) is 12.5. The van der Waals surface area contributed by atoms with Crippen molar-refractivity contribution in [2.45, 2.75) is 25.4 Å². The van der Waals surface area contributed by atoms with Crippen LogP contribution in [0.1, 0.15) is 23.6 Å². The van der Waals surface area contributed by atoms with Gasteiger partial charge in [0.05, 0.1) is 26.7 Å². The highest BCUT2D eigenvalue weighted by molar-refractivity contribution is 5.78. The van der Waals surface area contributed by atoms with Gasteiger partial charge >= 0.3 is 5.97 Å². The number of methoxy groups -OCH3 is 2. The van der Waals surface area contributed by atoms with Crippen LogP contribution in [0.25, 0.3) is 0 Å². The molecule has 8 nitrogen and oxygen atoms in total. The molecule has 2 heterocycles. The molecule has 8 heteroatoms. The number of hydrogen-bond acceptors (Lipinski definition) is 5. The molecule has 1 aliphatic heterocycles. The molecule has 1 amide bonds. The first-order valence-electron chi connectivity index (χ1n) is 8.27. The Morgan fingerprint density at radius 2 is 2.00 bits per heavy atom. The van der Waals surface area contributed by atoms with Crippen molar-refractivity contribution in [2.24, 2.45) is 0 Å². The highest BCUT2D eigenvalue weighted by Crippen LogP contribution is 2.39. The van der Waals surface area contributed by atoms with Gasteiger partial charge in [-0.3, -0.25) is 14.3 Å². The summed E-state index contributed by atoms with van der Waals surface area (Å²) in [5.74, 6) is -0.0189. The van der Waals surface area contributed by atoms with E-state index in [1.807, 2.05) is 6.07 Å². The van der Waals surface area contributed by atoms with Crippen LogP contribution in [-0.4, -0.2) is 52.4 Å². The average Bonchev–Trinajstić information content (AvgIpc) is 3.13. The molecule has 26 heavy (non-hydrogen) atoms. The lowest BCUT2D eigenvalue weighted by Crippen LogP contribution is -2.42. The number of carboxylic acid groups (broad SMARTS) is 1. The van der Waals surface area contributed by atoms with E-state index in [0.717, 1.165) is 11.1 Å². The minimum Gasteiger partial charge on any atom is -0.493 e. The third-order valence-corrected chi connectivity index (χ3v) is 4.55. The predicted octanol–water partition coefficient (Wildman–Crippen LogP) is 1.50. The summed E-state index contributed by atoms with van der Waals surface area (Å²) in [5, 5.41) is 13.4. The van der Waals surface area contributed by atoms with Gasteiger partial charge in [0.2, 0.25) is 5.91 Å². The summed E-state index contributed by atoms with van der Waals surface area (Å²) in [6.07, 6.45) is 3.75. The second kappa shape index (κ2) is 7.47. The van der Waals surface area contributed by atoms with Crippen molar-refractivity contribution in [1.29, 1.82) is 0 Å². The van der Waals surface area contributed by atoms with Crippen molar-refractivity contribution in [2.75, 3.05) is 20.8 Å². The SMILES string of the molecule is COc1cc2c(cc1OC)C(CC(=O)O)N(C(=O)Cn1cccn1)CC2. The van der Waals surface area contributed by atoms with Crippen molar-refractivity contribution in [1.82, 2.24) is 14.7 Å². The highest BCUT2D eigenvalue weighted by atomic mass is 16.5. The zero-order valence-corrected chi connectivity index (χ0v) is 14.7. The van der Waals surface area contributed by atoms with Crippen LogP contribution in [0.2, 0.25) is 0 Å². The monoisotopic (exact) mass is 359 g/mol. The topological polar surface area (TPSA) is 93.9 Å². The third kappa shape index (κ3) is 3.49. The Bertz CT molecular complexity index is 803. The van der Waals surface area contributed by atoms with E-state index in [9.17, 15) is 14.7 Å². The Kier molecular flexibility index (Phi) is 5.11. The summed E-state index contributed by atoms with van der Waals surface area (Å²) in [5.41, 5.74) is 1.75. The lowest BCUT2D eigenvalue weighted by molar-refractivity contribution is -0.141. The van der Waals surface area contributed by atoms with Gasteiger partial charge in [0.1, 0.15) is 6.54 Å². The molecule has 3 rings (SSSR count). The van der Waals surface area contributed by atoms with Crippen LogP contribution in [0.5, 0.6) is 11.5 Å². The van der Waals surface area contributed by atoms with Crippen LogP contribution in [-0.2, 0) is 22.6 Å². The molecule has 0 saturated heterocycles. The summed E-state index contributed by atoms with van der Waals surface area (Å²) in [6, 6.07) is 4.82. The van der Waals surface area contributed by atoms with Gasteiger partial charge in [0.25, 0.3) is 0 Å². The lowest BCUT2D eigenvalue weighted by Gasteiger charge is -2.37. The summed E-state index contributed by atoms with van der Waals surface area (Å²) in [4.78, 5) is 25.8. The van der Waals surface area contributed by atoms with Crippen LogP contribution in [0, 0.1) is 0 Å². The molecule has 1 aromatic carbocycles. The van der Waals surface area contributed by atoms with E-state index in [4.69, 9.17) is 9.47 Å². The van der Waals surface area contributed by atoms with E-state index in [-0.39, 0.29) is 18.9 Å². The minimum absolute atomic E-state index is 0.0751. The second-order valence-electron chi connectivity index (χ2n) is 6.06. The lowest BCUT2D eigenvalue weighted by atomic mass is 9.90. The van der Waals surface area contributed by atoms with E-state index < -0.39 is 12.0 Å². The molecule has 1 unspecified atom stereocenters. The first-order valence-corrected chi connectivity index (χ1v) is 8.27. The summed E-state index contributed by atoms with van der Waals surface area (Å²) in [6.45, 7) is 0.520. The van der Waals surface area contributed by atoms with Crippen LogP contribution < -0.4 is 9.47 Å². The number of aromatic nitrogens is 2. The fourth-order valence-electron chi connectivity index (χ4n) is 3.34. The van der Waals surface area contributed by atoms with Gasteiger partial charge in [0.15, 0.2) is 11.5 Å². The van der Waals surface area contributed by atoms with Crippen molar-refractivity contribution >= 4 is 11.9 Å². The number of ether oxygens (including phenoxy) is 2. The van der Waals surface area contributed by atoms with Crippen LogP contribution in [0.15, 0.2) is 30.6 Å². The third-order valence-electron chi connectivity index (χ3n) is 4.55. The average molecular weight is 359 g/mol. The Balaban J connectivity index is 1.95. The Morgan fingerprint density at radius 3 is 2.62 bits per heavy atom. The van der Waals surface area contributed by atoms with Crippen molar-refractivity contribution < 1.29 is 24.2 Å². The largest absolute Gasteiger partial charge is 0.493 e. The summed E-state index contributed by atoms with van der Waals surface area (Å²) < 4.78 is 12.2. The van der Waals surface area contributed by atoms with Crippen molar-refractivity contribution in [3.63, 3.8) is 0 Å². The van der Waals surface area contributed by atoms with Crippen LogP contribution >= 0.6 is 0 Å². The van der Waals surface area contributed by atoms with Crippen molar-refractivity contribution in [3.8, 4) is 11.5 Å². The standard InChI is InChI=1S/C18H21N3O5/c1-25-15-8-12-4-7-21(17(22)11-20-6-3-5-19-20)14(10-18(23)24)13(12)9-16(15)26-2/h3,5-6,8-9,14H,4,7,10-11H2,1-2H3,(H,23,24). The minimum atomic E-state index is -0.963. The van der Waals surface area contributed by atoms with Crippen molar-refractivity contribution in [3.05, 3.63) is 41.7 Å². The Labute approximate surface area is 150 Å². The molecule has 1 aliphatic rings. The Hall–Kier alpha value is -3.03. The molecule has 138 valence electrons. The van der Waals surface area contributed by atoms with Gasteiger partial charge in [-0.15, -0.1) is 0 Å². The molecule has 0 radical (unpaired) electrons. The van der Waals surface area contributed by atoms with Gasteiger partial charge in [-0.1, -0.05) is 0 Å². The van der Waals surface area contributed by atoms with E-state index in [0.29, 0.717) is 24.5 Å². The molecule has 0 fully saturated rings. The number of carbonyl (C=O) groups excluding carboxylic acids is 1. The molecular formula is C18H21N3O5. The summed E-state index contributed by atoms with van der Waals surface area (Å²) in [7, 11) is 3.08. The number of carbonyl (C=O) groups is 2. The maximum Gasteiger partial charge on any atom is 0.305 e. The smallest absolute Gasteiger partial charge is 0.305 e. The summed E-state index contributed by atoms with van der Waals surface area (Å²) >= 11 is 0. The molecule has 2 aromatic rings. The molecule has 0 bridgehead atoms. The van der Waals surface area contributed by atoms with Crippen LogP contribution in [0.4, 0.5) is 0 Å². The predicted molar refractivity (Wildman–Crippen MR) is 92.2 cm³/mol. The second-order valence-corrected chi connectivity index (χ2v) is 6.06. The van der Waals surface area contributed by atoms with Gasteiger partial charge < -0.3 is 19.5 Å². The maximum absolute atomic E-state index is 12.8. The van der Waals surface area contributed by atoms with E-state index in [1.54, 1.807) is 36.5 Å². The number of aliphatic carboxylic acids is 1. The molecule has 0 saturated carbocycles. The molecular weight excluding hydrogens is 338 g/mol. The molecule has 0 spiro atoms. The molecule has 1 atom stereocenters. The quantitative estimate of drug-likeness (QED) is 0.840. The number of hydrogen-bond donors (Lipinski definition) is 1. The normalized spacial score (nSPS) is 16.1. The fraction of sp³-hybridized carbons (Fsp3) is 0.389. The van der Waals surface area contributed by atoms with E-state index in [2.05, 4.69) is 5.10 Å². The number of fused-ring (bicyclic) bond motifs is 1. The fourth-order valence-corrected chi connectivity index (χ4v) is 3.34.